The van der Waals surface area contributed by atoms with Gasteiger partial charge in [-0.15, -0.1) is 0 Å². The molecule has 2 aromatic rings. The van der Waals surface area contributed by atoms with Gasteiger partial charge in [0, 0.05) is 20.3 Å². The summed E-state index contributed by atoms with van der Waals surface area (Å²) in [6.07, 6.45) is 1.73. The number of rotatable bonds is 1. The van der Waals surface area contributed by atoms with Crippen LogP contribution < -0.4 is 16.7 Å². The van der Waals surface area contributed by atoms with E-state index in [0.717, 1.165) is 0 Å². The molecule has 0 saturated heterocycles. The third-order valence-corrected chi connectivity index (χ3v) is 2.20. The highest BCUT2D eigenvalue weighted by Gasteiger charge is 2.08. The van der Waals surface area contributed by atoms with Gasteiger partial charge in [0.05, 0.1) is 5.39 Å². The first-order valence-electron chi connectivity index (χ1n) is 4.16. The second-order valence-electron chi connectivity index (χ2n) is 2.98. The van der Waals surface area contributed by atoms with Gasteiger partial charge in [-0.2, -0.15) is 4.98 Å². The molecule has 0 saturated carbocycles. The normalized spacial score (nSPS) is 10.7. The Morgan fingerprint density at radius 2 is 2.29 bits per heavy atom. The Kier molecular flexibility index (Phi) is 1.70. The Morgan fingerprint density at radius 1 is 1.57 bits per heavy atom. The van der Waals surface area contributed by atoms with Gasteiger partial charge in [0.2, 0.25) is 5.95 Å². The van der Waals surface area contributed by atoms with Crippen molar-refractivity contribution in [3.8, 4) is 0 Å². The zero-order chi connectivity index (χ0) is 10.3. The highest BCUT2D eigenvalue weighted by atomic mass is 16.1. The summed E-state index contributed by atoms with van der Waals surface area (Å²) in [4.78, 5) is 15.8. The average Bonchev–Trinajstić information content (AvgIpc) is 2.57. The van der Waals surface area contributed by atoms with Crippen LogP contribution in [0, 0.1) is 0 Å². The fraction of sp³-hybridized carbons (Fsp3) is 0.250. The Morgan fingerprint density at radius 3 is 2.93 bits per heavy atom. The molecule has 0 bridgehead atoms. The molecule has 0 amide bonds. The molecule has 0 aliphatic carbocycles. The van der Waals surface area contributed by atoms with Crippen LogP contribution in [0.3, 0.4) is 0 Å². The van der Waals surface area contributed by atoms with Crippen LogP contribution in [0.1, 0.15) is 0 Å². The molecular weight excluding hydrogens is 182 g/mol. The van der Waals surface area contributed by atoms with Crippen molar-refractivity contribution in [1.29, 1.82) is 0 Å². The summed E-state index contributed by atoms with van der Waals surface area (Å²) in [7, 11) is 3.34. The van der Waals surface area contributed by atoms with Crippen LogP contribution in [0.2, 0.25) is 0 Å². The molecule has 2 aromatic heterocycles. The summed E-state index contributed by atoms with van der Waals surface area (Å²) >= 11 is 0. The predicted molar refractivity (Wildman–Crippen MR) is 54.7 cm³/mol. The minimum Gasteiger partial charge on any atom is -0.369 e. The van der Waals surface area contributed by atoms with Gasteiger partial charge in [0.25, 0.3) is 5.56 Å². The minimum atomic E-state index is -0.137. The Hall–Kier alpha value is -1.98. The van der Waals surface area contributed by atoms with Crippen molar-refractivity contribution in [3.05, 3.63) is 22.6 Å². The number of fused-ring (bicyclic) bond motifs is 1. The smallest absolute Gasteiger partial charge is 0.264 e. The van der Waals surface area contributed by atoms with Crippen molar-refractivity contribution >= 4 is 17.0 Å². The van der Waals surface area contributed by atoms with Gasteiger partial charge in [-0.3, -0.25) is 9.36 Å². The summed E-state index contributed by atoms with van der Waals surface area (Å²) in [5.74, 6) is 0.206. The van der Waals surface area contributed by atoms with E-state index in [1.807, 2.05) is 0 Å². The summed E-state index contributed by atoms with van der Waals surface area (Å²) in [5.41, 5.74) is 8.87. The number of hydrogen-bond acceptors (Lipinski definition) is 4. The lowest BCUT2D eigenvalue weighted by molar-refractivity contribution is 0.851. The van der Waals surface area contributed by atoms with E-state index in [2.05, 4.69) is 10.4 Å². The minimum absolute atomic E-state index is 0.137. The monoisotopic (exact) mass is 193 g/mol. The van der Waals surface area contributed by atoms with Crippen LogP contribution in [0.25, 0.3) is 11.0 Å². The molecule has 0 aromatic carbocycles. The van der Waals surface area contributed by atoms with Crippen molar-refractivity contribution in [2.75, 3.05) is 18.2 Å². The van der Waals surface area contributed by atoms with E-state index in [0.29, 0.717) is 11.0 Å². The molecule has 0 atom stereocenters. The van der Waals surface area contributed by atoms with Crippen molar-refractivity contribution in [1.82, 2.24) is 14.2 Å². The zero-order valence-corrected chi connectivity index (χ0v) is 7.98. The lowest BCUT2D eigenvalue weighted by Gasteiger charge is -2.05. The SMILES string of the molecule is CNn1ccc2c(=O)n(C)c(N)nc21. The van der Waals surface area contributed by atoms with Crippen LogP contribution in [0.4, 0.5) is 5.95 Å². The molecular formula is C8H11N5O. The summed E-state index contributed by atoms with van der Waals surface area (Å²) in [6, 6.07) is 1.71. The molecule has 0 radical (unpaired) electrons. The number of aromatic nitrogens is 3. The maximum absolute atomic E-state index is 11.7. The fourth-order valence-corrected chi connectivity index (χ4v) is 1.35. The van der Waals surface area contributed by atoms with Crippen LogP contribution in [0.5, 0.6) is 0 Å². The van der Waals surface area contributed by atoms with Crippen molar-refractivity contribution in [3.63, 3.8) is 0 Å². The molecule has 6 heteroatoms. The molecule has 74 valence electrons. The number of nitrogens with one attached hydrogen (secondary N) is 1. The highest BCUT2D eigenvalue weighted by Crippen LogP contribution is 2.08. The standard InChI is InChI=1S/C8H11N5O/c1-10-13-4-3-5-6(13)11-8(9)12(2)7(5)14/h3-4,10H,1-2H3,(H2,9,11). The number of anilines is 1. The summed E-state index contributed by atoms with van der Waals surface area (Å²) in [6.45, 7) is 0. The first-order chi connectivity index (χ1) is 6.65. The third-order valence-electron chi connectivity index (χ3n) is 2.20. The van der Waals surface area contributed by atoms with Gasteiger partial charge in [0.15, 0.2) is 5.65 Å². The second kappa shape index (κ2) is 2.76. The van der Waals surface area contributed by atoms with Crippen LogP contribution >= 0.6 is 0 Å². The molecule has 0 unspecified atom stereocenters. The number of hydrogen-bond donors (Lipinski definition) is 2. The molecule has 3 N–H and O–H groups in total. The van der Waals surface area contributed by atoms with Gasteiger partial charge in [0.1, 0.15) is 0 Å². The molecule has 6 nitrogen and oxygen atoms in total. The van der Waals surface area contributed by atoms with E-state index in [-0.39, 0.29) is 11.5 Å². The van der Waals surface area contributed by atoms with Gasteiger partial charge in [-0.1, -0.05) is 0 Å². The molecule has 14 heavy (non-hydrogen) atoms. The molecule has 0 aliphatic heterocycles. The van der Waals surface area contributed by atoms with Crippen LogP contribution in [0.15, 0.2) is 17.1 Å². The van der Waals surface area contributed by atoms with E-state index >= 15 is 0 Å². The van der Waals surface area contributed by atoms with Crippen molar-refractivity contribution < 1.29 is 0 Å². The number of nitrogens with zero attached hydrogens (tertiary/aromatic N) is 3. The van der Waals surface area contributed by atoms with Gasteiger partial charge < -0.3 is 11.2 Å². The maximum atomic E-state index is 11.7. The summed E-state index contributed by atoms with van der Waals surface area (Å²) < 4.78 is 2.97. The van der Waals surface area contributed by atoms with E-state index in [1.54, 1.807) is 31.0 Å². The first-order valence-corrected chi connectivity index (χ1v) is 4.16. The Labute approximate surface area is 79.9 Å². The highest BCUT2D eigenvalue weighted by molar-refractivity contribution is 5.76. The lowest BCUT2D eigenvalue weighted by atomic mass is 10.4. The van der Waals surface area contributed by atoms with Crippen molar-refractivity contribution in [2.24, 2.45) is 7.05 Å². The van der Waals surface area contributed by atoms with Gasteiger partial charge >= 0.3 is 0 Å². The molecule has 2 heterocycles. The van der Waals surface area contributed by atoms with Gasteiger partial charge in [-0.25, -0.2) is 4.68 Å². The zero-order valence-electron chi connectivity index (χ0n) is 7.98. The van der Waals surface area contributed by atoms with Crippen molar-refractivity contribution in [2.45, 2.75) is 0 Å². The lowest BCUT2D eigenvalue weighted by Crippen LogP contribution is -2.22. The second-order valence-corrected chi connectivity index (χ2v) is 2.98. The largest absolute Gasteiger partial charge is 0.369 e. The molecule has 2 rings (SSSR count). The quantitative estimate of drug-likeness (QED) is 0.639. The Bertz CT molecular complexity index is 538. The van der Waals surface area contributed by atoms with E-state index in [4.69, 9.17) is 5.73 Å². The van der Waals surface area contributed by atoms with E-state index in [9.17, 15) is 4.79 Å². The first kappa shape index (κ1) is 8.61. The third kappa shape index (κ3) is 0.968. The summed E-state index contributed by atoms with van der Waals surface area (Å²) in [5, 5.41) is 0.552. The number of nitrogen functional groups attached to an aromatic ring is 1. The molecule has 0 spiro atoms. The topological polar surface area (TPSA) is 77.9 Å². The molecule has 0 aliphatic rings. The maximum Gasteiger partial charge on any atom is 0.264 e. The van der Waals surface area contributed by atoms with Crippen LogP contribution in [-0.4, -0.2) is 21.3 Å². The predicted octanol–water partition coefficient (Wildman–Crippen LogP) is -0.509. The van der Waals surface area contributed by atoms with E-state index in [1.165, 1.54) is 4.57 Å². The molecule has 0 fully saturated rings. The average molecular weight is 193 g/mol. The van der Waals surface area contributed by atoms with Crippen LogP contribution in [-0.2, 0) is 7.05 Å². The fourth-order valence-electron chi connectivity index (χ4n) is 1.35. The Balaban J connectivity index is 2.94. The van der Waals surface area contributed by atoms with Gasteiger partial charge in [-0.05, 0) is 6.07 Å². The van der Waals surface area contributed by atoms with E-state index < -0.39 is 0 Å². The number of nitrogens with two attached hydrogens (primary N) is 1.